The fourth-order valence-electron chi connectivity index (χ4n) is 2.05. The molecular formula is C12H21N5. The molecule has 2 rings (SSSR count). The fraction of sp³-hybridized carbons (Fsp3) is 0.667. The van der Waals surface area contributed by atoms with Gasteiger partial charge in [0.05, 0.1) is 0 Å². The first kappa shape index (κ1) is 12.3. The Labute approximate surface area is 103 Å². The average molecular weight is 235 g/mol. The van der Waals surface area contributed by atoms with Gasteiger partial charge in [0.25, 0.3) is 0 Å². The van der Waals surface area contributed by atoms with E-state index in [2.05, 4.69) is 32.1 Å². The Bertz CT molecular complexity index is 337. The van der Waals surface area contributed by atoms with E-state index in [0.717, 1.165) is 44.2 Å². The van der Waals surface area contributed by atoms with Crippen LogP contribution in [0.1, 0.15) is 12.0 Å². The van der Waals surface area contributed by atoms with Crippen LogP contribution in [0.4, 0.5) is 5.95 Å². The quantitative estimate of drug-likeness (QED) is 0.818. The fourth-order valence-corrected chi connectivity index (χ4v) is 2.05. The van der Waals surface area contributed by atoms with Gasteiger partial charge in [0.15, 0.2) is 0 Å². The van der Waals surface area contributed by atoms with E-state index in [4.69, 9.17) is 0 Å². The molecule has 0 amide bonds. The third-order valence-corrected chi connectivity index (χ3v) is 3.07. The normalized spacial score (nSPS) is 18.1. The lowest BCUT2D eigenvalue weighted by Gasteiger charge is -2.20. The van der Waals surface area contributed by atoms with Crippen molar-refractivity contribution < 1.29 is 0 Å². The highest BCUT2D eigenvalue weighted by molar-refractivity contribution is 5.30. The van der Waals surface area contributed by atoms with Crippen LogP contribution < -0.4 is 10.2 Å². The number of likely N-dealkylation sites (N-methyl/N-ethyl adjacent to an activating group) is 1. The van der Waals surface area contributed by atoms with Crippen molar-refractivity contribution >= 4 is 5.95 Å². The molecule has 1 fully saturated rings. The summed E-state index contributed by atoms with van der Waals surface area (Å²) in [5, 5.41) is 3.10. The van der Waals surface area contributed by atoms with E-state index in [1.165, 1.54) is 6.42 Å². The molecule has 0 bridgehead atoms. The summed E-state index contributed by atoms with van der Waals surface area (Å²) in [6.07, 6.45) is 5.00. The van der Waals surface area contributed by atoms with Crippen molar-refractivity contribution in [3.63, 3.8) is 0 Å². The summed E-state index contributed by atoms with van der Waals surface area (Å²) in [6, 6.07) is 0. The molecule has 0 spiro atoms. The van der Waals surface area contributed by atoms with E-state index < -0.39 is 0 Å². The van der Waals surface area contributed by atoms with E-state index in [1.54, 1.807) is 0 Å². The number of anilines is 1. The summed E-state index contributed by atoms with van der Waals surface area (Å²) >= 11 is 0. The first-order valence-corrected chi connectivity index (χ1v) is 6.18. The Kier molecular flexibility index (Phi) is 4.28. The van der Waals surface area contributed by atoms with Crippen LogP contribution in [0.5, 0.6) is 0 Å². The predicted octanol–water partition coefficient (Wildman–Crippen LogP) is 0.338. The lowest BCUT2D eigenvalue weighted by molar-refractivity contribution is 0.360. The number of nitrogens with zero attached hydrogens (tertiary/aromatic N) is 4. The van der Waals surface area contributed by atoms with Crippen molar-refractivity contribution in [3.8, 4) is 0 Å². The van der Waals surface area contributed by atoms with E-state index in [1.807, 2.05) is 19.4 Å². The maximum absolute atomic E-state index is 4.44. The molecule has 1 aliphatic rings. The molecule has 1 N–H and O–H groups in total. The standard InChI is InChI=1S/C12H21N5/c1-13-8-11-9-14-12(15-10-11)17-5-3-4-16(2)6-7-17/h9-10,13H,3-8H2,1-2H3. The molecule has 0 radical (unpaired) electrons. The maximum atomic E-state index is 4.44. The highest BCUT2D eigenvalue weighted by Crippen LogP contribution is 2.10. The minimum absolute atomic E-state index is 0.822. The van der Waals surface area contributed by atoms with Crippen LogP contribution in [-0.4, -0.2) is 55.1 Å². The molecule has 1 aromatic rings. The zero-order valence-corrected chi connectivity index (χ0v) is 10.7. The zero-order valence-electron chi connectivity index (χ0n) is 10.7. The van der Waals surface area contributed by atoms with Crippen LogP contribution in [-0.2, 0) is 6.54 Å². The number of aromatic nitrogens is 2. The van der Waals surface area contributed by atoms with Crippen LogP contribution in [0.2, 0.25) is 0 Å². The maximum Gasteiger partial charge on any atom is 0.225 e. The van der Waals surface area contributed by atoms with Crippen molar-refractivity contribution in [1.29, 1.82) is 0 Å². The molecule has 0 aromatic carbocycles. The van der Waals surface area contributed by atoms with Gasteiger partial charge in [-0.1, -0.05) is 0 Å². The molecule has 94 valence electrons. The smallest absolute Gasteiger partial charge is 0.225 e. The lowest BCUT2D eigenvalue weighted by Crippen LogP contribution is -2.30. The molecule has 0 atom stereocenters. The lowest BCUT2D eigenvalue weighted by atomic mass is 10.3. The monoisotopic (exact) mass is 235 g/mol. The molecule has 5 heteroatoms. The molecule has 2 heterocycles. The van der Waals surface area contributed by atoms with Gasteiger partial charge in [-0.15, -0.1) is 0 Å². The van der Waals surface area contributed by atoms with E-state index >= 15 is 0 Å². The SMILES string of the molecule is CNCc1cnc(N2CCCN(C)CC2)nc1. The molecule has 0 saturated carbocycles. The number of nitrogens with one attached hydrogen (secondary N) is 1. The summed E-state index contributed by atoms with van der Waals surface area (Å²) in [6.45, 7) is 5.14. The molecule has 1 saturated heterocycles. The molecule has 0 unspecified atom stereocenters. The Morgan fingerprint density at radius 3 is 2.65 bits per heavy atom. The highest BCUT2D eigenvalue weighted by atomic mass is 15.3. The van der Waals surface area contributed by atoms with Crippen molar-refractivity contribution in [3.05, 3.63) is 18.0 Å². The van der Waals surface area contributed by atoms with Crippen LogP contribution in [0.3, 0.4) is 0 Å². The van der Waals surface area contributed by atoms with Gasteiger partial charge in [0.1, 0.15) is 0 Å². The Hall–Kier alpha value is -1.20. The van der Waals surface area contributed by atoms with E-state index in [9.17, 15) is 0 Å². The second kappa shape index (κ2) is 5.93. The third-order valence-electron chi connectivity index (χ3n) is 3.07. The Morgan fingerprint density at radius 1 is 1.18 bits per heavy atom. The van der Waals surface area contributed by atoms with Gasteiger partial charge in [0, 0.05) is 44.1 Å². The molecule has 1 aromatic heterocycles. The predicted molar refractivity (Wildman–Crippen MR) is 69.1 cm³/mol. The van der Waals surface area contributed by atoms with Crippen molar-refractivity contribution in [2.45, 2.75) is 13.0 Å². The van der Waals surface area contributed by atoms with Crippen molar-refractivity contribution in [2.24, 2.45) is 0 Å². The molecule has 0 aliphatic carbocycles. The Morgan fingerprint density at radius 2 is 1.94 bits per heavy atom. The summed E-state index contributed by atoms with van der Waals surface area (Å²) in [4.78, 5) is 13.5. The summed E-state index contributed by atoms with van der Waals surface area (Å²) in [5.74, 6) is 0.861. The number of hydrogen-bond donors (Lipinski definition) is 1. The first-order chi connectivity index (χ1) is 8.29. The van der Waals surface area contributed by atoms with E-state index in [0.29, 0.717) is 0 Å². The largest absolute Gasteiger partial charge is 0.339 e. The summed E-state index contributed by atoms with van der Waals surface area (Å²) < 4.78 is 0. The van der Waals surface area contributed by atoms with Gasteiger partial charge in [-0.25, -0.2) is 9.97 Å². The second-order valence-electron chi connectivity index (χ2n) is 4.57. The van der Waals surface area contributed by atoms with Crippen molar-refractivity contribution in [1.82, 2.24) is 20.2 Å². The Balaban J connectivity index is 2.00. The minimum Gasteiger partial charge on any atom is -0.339 e. The van der Waals surface area contributed by atoms with Gasteiger partial charge >= 0.3 is 0 Å². The second-order valence-corrected chi connectivity index (χ2v) is 4.57. The number of hydrogen-bond acceptors (Lipinski definition) is 5. The van der Waals surface area contributed by atoms with Gasteiger partial charge in [-0.2, -0.15) is 0 Å². The van der Waals surface area contributed by atoms with Crippen LogP contribution in [0, 0.1) is 0 Å². The number of rotatable bonds is 3. The molecule has 5 nitrogen and oxygen atoms in total. The molecular weight excluding hydrogens is 214 g/mol. The summed E-state index contributed by atoms with van der Waals surface area (Å²) in [5.41, 5.74) is 1.13. The third kappa shape index (κ3) is 3.38. The summed E-state index contributed by atoms with van der Waals surface area (Å²) in [7, 11) is 4.10. The molecule has 17 heavy (non-hydrogen) atoms. The van der Waals surface area contributed by atoms with Crippen LogP contribution in [0.15, 0.2) is 12.4 Å². The van der Waals surface area contributed by atoms with Gasteiger partial charge in [-0.3, -0.25) is 0 Å². The first-order valence-electron chi connectivity index (χ1n) is 6.18. The van der Waals surface area contributed by atoms with Gasteiger partial charge < -0.3 is 15.1 Å². The van der Waals surface area contributed by atoms with Crippen LogP contribution >= 0.6 is 0 Å². The average Bonchev–Trinajstić information content (AvgIpc) is 2.56. The zero-order chi connectivity index (χ0) is 12.1. The van der Waals surface area contributed by atoms with Crippen LogP contribution in [0.25, 0.3) is 0 Å². The van der Waals surface area contributed by atoms with E-state index in [-0.39, 0.29) is 0 Å². The van der Waals surface area contributed by atoms with Gasteiger partial charge in [0.2, 0.25) is 5.95 Å². The topological polar surface area (TPSA) is 44.3 Å². The highest BCUT2D eigenvalue weighted by Gasteiger charge is 2.14. The minimum atomic E-state index is 0.822. The van der Waals surface area contributed by atoms with Crippen molar-refractivity contribution in [2.75, 3.05) is 45.2 Å². The molecule has 1 aliphatic heterocycles. The van der Waals surface area contributed by atoms with Gasteiger partial charge in [-0.05, 0) is 27.1 Å².